The zero-order chi connectivity index (χ0) is 12.5. The zero-order valence-corrected chi connectivity index (χ0v) is 10.8. The predicted molar refractivity (Wildman–Crippen MR) is 69.0 cm³/mol. The first-order valence-electron chi connectivity index (χ1n) is 5.99. The van der Waals surface area contributed by atoms with E-state index in [4.69, 9.17) is 11.6 Å². The molecule has 1 aromatic heterocycles. The molecular formula is C12H18ClN3O. The average molecular weight is 256 g/mol. The number of nitrogens with zero attached hydrogens (tertiary/aromatic N) is 2. The topological polar surface area (TPSA) is 54.9 Å². The normalized spacial score (nSPS) is 10.2. The summed E-state index contributed by atoms with van der Waals surface area (Å²) in [6.07, 6.45) is 9.11. The van der Waals surface area contributed by atoms with Crippen molar-refractivity contribution in [3.63, 3.8) is 0 Å². The van der Waals surface area contributed by atoms with Gasteiger partial charge in [-0.05, 0) is 6.42 Å². The molecule has 0 aliphatic carbocycles. The fourth-order valence-corrected chi connectivity index (χ4v) is 1.64. The number of amides is 1. The van der Waals surface area contributed by atoms with Crippen molar-refractivity contribution < 1.29 is 4.79 Å². The largest absolute Gasteiger partial charge is 0.309 e. The molecule has 0 aromatic carbocycles. The van der Waals surface area contributed by atoms with Gasteiger partial charge in [-0.15, -0.1) is 0 Å². The molecular weight excluding hydrogens is 238 g/mol. The minimum Gasteiger partial charge on any atom is -0.309 e. The van der Waals surface area contributed by atoms with Gasteiger partial charge in [-0.25, -0.2) is 4.98 Å². The Morgan fingerprint density at radius 1 is 1.29 bits per heavy atom. The minimum atomic E-state index is -0.0296. The van der Waals surface area contributed by atoms with Gasteiger partial charge < -0.3 is 5.32 Å². The van der Waals surface area contributed by atoms with E-state index in [1.807, 2.05) is 0 Å². The molecule has 17 heavy (non-hydrogen) atoms. The molecule has 0 aliphatic heterocycles. The summed E-state index contributed by atoms with van der Waals surface area (Å²) in [5.41, 5.74) is 0. The first kappa shape index (κ1) is 13.9. The summed E-state index contributed by atoms with van der Waals surface area (Å²) in [6.45, 7) is 2.17. The standard InChI is InChI=1S/C12H18ClN3O/c1-2-3-4-5-6-7-12(17)16-11-9-14-8-10(13)15-11/h8-9H,2-7H2,1H3,(H,15,16,17). The molecule has 0 saturated heterocycles. The number of unbranched alkanes of at least 4 members (excludes halogenated alkanes) is 4. The van der Waals surface area contributed by atoms with Crippen LogP contribution in [-0.4, -0.2) is 15.9 Å². The number of aromatic nitrogens is 2. The van der Waals surface area contributed by atoms with Gasteiger partial charge in [-0.1, -0.05) is 44.2 Å². The lowest BCUT2D eigenvalue weighted by molar-refractivity contribution is -0.116. The average Bonchev–Trinajstić information content (AvgIpc) is 2.29. The highest BCUT2D eigenvalue weighted by Gasteiger charge is 2.03. The Morgan fingerprint density at radius 2 is 2.06 bits per heavy atom. The van der Waals surface area contributed by atoms with Gasteiger partial charge in [0.05, 0.1) is 12.4 Å². The highest BCUT2D eigenvalue weighted by atomic mass is 35.5. The fraction of sp³-hybridized carbons (Fsp3) is 0.583. The Balaban J connectivity index is 2.21. The number of carbonyl (C=O) groups is 1. The molecule has 0 spiro atoms. The molecule has 0 saturated carbocycles. The molecule has 94 valence electrons. The van der Waals surface area contributed by atoms with E-state index in [0.29, 0.717) is 12.2 Å². The van der Waals surface area contributed by atoms with E-state index in [-0.39, 0.29) is 11.1 Å². The van der Waals surface area contributed by atoms with Crippen molar-refractivity contribution in [3.05, 3.63) is 17.5 Å². The second-order valence-electron chi connectivity index (χ2n) is 3.94. The van der Waals surface area contributed by atoms with E-state index in [9.17, 15) is 4.79 Å². The second kappa shape index (κ2) is 8.01. The molecule has 1 rings (SSSR count). The smallest absolute Gasteiger partial charge is 0.225 e. The van der Waals surface area contributed by atoms with Crippen molar-refractivity contribution in [3.8, 4) is 0 Å². The third kappa shape index (κ3) is 6.22. The third-order valence-electron chi connectivity index (χ3n) is 2.38. The van der Waals surface area contributed by atoms with Gasteiger partial charge >= 0.3 is 0 Å². The van der Waals surface area contributed by atoms with Crippen LogP contribution in [0.3, 0.4) is 0 Å². The van der Waals surface area contributed by atoms with Crippen LogP contribution in [0.2, 0.25) is 5.15 Å². The van der Waals surface area contributed by atoms with Gasteiger partial charge in [0, 0.05) is 6.42 Å². The van der Waals surface area contributed by atoms with E-state index in [0.717, 1.165) is 12.8 Å². The van der Waals surface area contributed by atoms with E-state index < -0.39 is 0 Å². The summed E-state index contributed by atoms with van der Waals surface area (Å²) in [5.74, 6) is 0.383. The lowest BCUT2D eigenvalue weighted by Crippen LogP contribution is -2.12. The summed E-state index contributed by atoms with van der Waals surface area (Å²) >= 11 is 5.66. The quantitative estimate of drug-likeness (QED) is 0.760. The molecule has 1 amide bonds. The summed E-state index contributed by atoms with van der Waals surface area (Å²) in [4.78, 5) is 19.3. The maximum absolute atomic E-state index is 11.5. The van der Waals surface area contributed by atoms with Crippen molar-refractivity contribution in [2.24, 2.45) is 0 Å². The van der Waals surface area contributed by atoms with Crippen molar-refractivity contribution in [2.45, 2.75) is 45.4 Å². The van der Waals surface area contributed by atoms with Crippen LogP contribution < -0.4 is 5.32 Å². The first-order chi connectivity index (χ1) is 8.22. The number of hydrogen-bond acceptors (Lipinski definition) is 3. The molecule has 0 unspecified atom stereocenters. The monoisotopic (exact) mass is 255 g/mol. The summed E-state index contributed by atoms with van der Waals surface area (Å²) in [7, 11) is 0. The third-order valence-corrected chi connectivity index (χ3v) is 2.56. The number of carbonyl (C=O) groups excluding carboxylic acids is 1. The lowest BCUT2D eigenvalue weighted by atomic mass is 10.1. The van der Waals surface area contributed by atoms with E-state index in [2.05, 4.69) is 22.2 Å². The highest BCUT2D eigenvalue weighted by Crippen LogP contribution is 2.09. The predicted octanol–water partition coefficient (Wildman–Crippen LogP) is 3.43. The second-order valence-corrected chi connectivity index (χ2v) is 4.33. The Hall–Kier alpha value is -1.16. The number of anilines is 1. The molecule has 1 N–H and O–H groups in total. The van der Waals surface area contributed by atoms with Gasteiger partial charge in [-0.3, -0.25) is 9.78 Å². The Morgan fingerprint density at radius 3 is 2.76 bits per heavy atom. The Bertz CT molecular complexity index is 357. The first-order valence-corrected chi connectivity index (χ1v) is 6.37. The molecule has 1 aromatic rings. The molecule has 0 bridgehead atoms. The van der Waals surface area contributed by atoms with Crippen LogP contribution in [0.1, 0.15) is 45.4 Å². The van der Waals surface area contributed by atoms with Crippen LogP contribution in [-0.2, 0) is 4.79 Å². The highest BCUT2D eigenvalue weighted by molar-refractivity contribution is 6.29. The van der Waals surface area contributed by atoms with Crippen molar-refractivity contribution in [2.75, 3.05) is 5.32 Å². The van der Waals surface area contributed by atoms with Crippen LogP contribution in [0.25, 0.3) is 0 Å². The molecule has 0 radical (unpaired) electrons. The Labute approximate surface area is 107 Å². The molecule has 5 heteroatoms. The van der Waals surface area contributed by atoms with Gasteiger partial charge in [0.15, 0.2) is 5.82 Å². The van der Waals surface area contributed by atoms with Gasteiger partial charge in [0.25, 0.3) is 0 Å². The van der Waals surface area contributed by atoms with Gasteiger partial charge in [0.1, 0.15) is 5.15 Å². The number of hydrogen-bond donors (Lipinski definition) is 1. The van der Waals surface area contributed by atoms with E-state index in [1.165, 1.54) is 31.7 Å². The van der Waals surface area contributed by atoms with Crippen LogP contribution >= 0.6 is 11.6 Å². The number of nitrogens with one attached hydrogen (secondary N) is 1. The van der Waals surface area contributed by atoms with Crippen molar-refractivity contribution in [1.82, 2.24) is 9.97 Å². The maximum atomic E-state index is 11.5. The number of halogens is 1. The Kier molecular flexibility index (Phi) is 6.55. The SMILES string of the molecule is CCCCCCCC(=O)Nc1cncc(Cl)n1. The van der Waals surface area contributed by atoms with E-state index >= 15 is 0 Å². The maximum Gasteiger partial charge on any atom is 0.225 e. The molecule has 0 fully saturated rings. The number of rotatable bonds is 7. The van der Waals surface area contributed by atoms with Gasteiger partial charge in [0.2, 0.25) is 5.91 Å². The molecule has 1 heterocycles. The summed E-state index contributed by atoms with van der Waals surface area (Å²) < 4.78 is 0. The zero-order valence-electron chi connectivity index (χ0n) is 10.1. The van der Waals surface area contributed by atoms with Crippen LogP contribution in [0.15, 0.2) is 12.4 Å². The van der Waals surface area contributed by atoms with E-state index in [1.54, 1.807) is 0 Å². The van der Waals surface area contributed by atoms with Crippen LogP contribution in [0.4, 0.5) is 5.82 Å². The lowest BCUT2D eigenvalue weighted by Gasteiger charge is -2.03. The summed E-state index contributed by atoms with van der Waals surface area (Å²) in [6, 6.07) is 0. The molecule has 0 atom stereocenters. The van der Waals surface area contributed by atoms with Crippen molar-refractivity contribution in [1.29, 1.82) is 0 Å². The summed E-state index contributed by atoms with van der Waals surface area (Å²) in [5, 5.41) is 2.96. The van der Waals surface area contributed by atoms with Crippen molar-refractivity contribution >= 4 is 23.3 Å². The van der Waals surface area contributed by atoms with Crippen LogP contribution in [0, 0.1) is 0 Å². The molecule has 4 nitrogen and oxygen atoms in total. The van der Waals surface area contributed by atoms with Gasteiger partial charge in [-0.2, -0.15) is 0 Å². The molecule has 0 aliphatic rings. The minimum absolute atomic E-state index is 0.0296. The fourth-order valence-electron chi connectivity index (χ4n) is 1.50. The van der Waals surface area contributed by atoms with Crippen LogP contribution in [0.5, 0.6) is 0 Å².